The summed E-state index contributed by atoms with van der Waals surface area (Å²) < 4.78 is 5.65. The molecule has 0 unspecified atom stereocenters. The van der Waals surface area contributed by atoms with Gasteiger partial charge in [-0.25, -0.2) is 4.98 Å². The molecule has 0 aliphatic rings. The number of hydrogen-bond donors (Lipinski definition) is 2. The largest absolute Gasteiger partial charge is 0.377 e. The predicted molar refractivity (Wildman–Crippen MR) is 81.9 cm³/mol. The second-order valence-electron chi connectivity index (χ2n) is 6.76. The van der Waals surface area contributed by atoms with Gasteiger partial charge < -0.3 is 15.0 Å². The molecule has 1 aromatic rings. The third-order valence-corrected chi connectivity index (χ3v) is 2.73. The van der Waals surface area contributed by atoms with Crippen LogP contribution in [0.4, 0.5) is 5.82 Å². The van der Waals surface area contributed by atoms with Crippen molar-refractivity contribution in [3.63, 3.8) is 0 Å². The summed E-state index contributed by atoms with van der Waals surface area (Å²) in [7, 11) is 1.64. The first-order valence-electron chi connectivity index (χ1n) is 6.49. The molecule has 0 aliphatic carbocycles. The van der Waals surface area contributed by atoms with Crippen molar-refractivity contribution in [2.45, 2.75) is 53.2 Å². The van der Waals surface area contributed by atoms with E-state index in [1.165, 1.54) is 0 Å². The van der Waals surface area contributed by atoms with Crippen LogP contribution < -0.4 is 5.32 Å². The highest BCUT2D eigenvalue weighted by atomic mass is 32.1. The number of H-pyrrole nitrogens is 1. The Morgan fingerprint density at radius 3 is 2.47 bits per heavy atom. The van der Waals surface area contributed by atoms with Gasteiger partial charge in [0.2, 0.25) is 0 Å². The summed E-state index contributed by atoms with van der Waals surface area (Å²) in [6.45, 7) is 11.5. The Morgan fingerprint density at radius 2 is 1.95 bits per heavy atom. The molecule has 0 bridgehead atoms. The number of aromatic amines is 1. The summed E-state index contributed by atoms with van der Waals surface area (Å²) in [5.74, 6) is 1.63. The number of rotatable bonds is 5. The average Bonchev–Trinajstić information content (AvgIpc) is 2.10. The van der Waals surface area contributed by atoms with Crippen molar-refractivity contribution >= 4 is 18.0 Å². The van der Waals surface area contributed by atoms with Crippen molar-refractivity contribution in [3.8, 4) is 0 Å². The third kappa shape index (κ3) is 6.16. The van der Waals surface area contributed by atoms with Crippen LogP contribution >= 0.6 is 12.2 Å². The lowest BCUT2D eigenvalue weighted by molar-refractivity contribution is 0.177. The Balaban J connectivity index is 2.89. The Morgan fingerprint density at radius 1 is 1.32 bits per heavy atom. The molecule has 0 aliphatic heterocycles. The molecule has 0 amide bonds. The number of nitrogens with one attached hydrogen (secondary N) is 2. The second kappa shape index (κ2) is 6.01. The second-order valence-corrected chi connectivity index (χ2v) is 7.18. The molecule has 0 saturated heterocycles. The fourth-order valence-electron chi connectivity index (χ4n) is 2.52. The molecule has 4 nitrogen and oxygen atoms in total. The average molecular weight is 283 g/mol. The lowest BCUT2D eigenvalue weighted by Crippen LogP contribution is -2.35. The summed E-state index contributed by atoms with van der Waals surface area (Å²) >= 11 is 5.17. The molecule has 5 heteroatoms. The van der Waals surface area contributed by atoms with Crippen LogP contribution in [0.15, 0.2) is 6.07 Å². The van der Waals surface area contributed by atoms with Crippen LogP contribution in [-0.2, 0) is 11.3 Å². The summed E-state index contributed by atoms with van der Waals surface area (Å²) in [4.78, 5) is 7.44. The minimum atomic E-state index is -0.0256. The number of nitrogens with zero attached hydrogens (tertiary/aromatic N) is 1. The van der Waals surface area contributed by atoms with Gasteiger partial charge in [-0.05, 0) is 25.7 Å². The van der Waals surface area contributed by atoms with Crippen molar-refractivity contribution in [1.82, 2.24) is 9.97 Å². The molecule has 0 atom stereocenters. The van der Waals surface area contributed by atoms with Crippen LogP contribution in [0.25, 0.3) is 0 Å². The van der Waals surface area contributed by atoms with Crippen molar-refractivity contribution in [2.75, 3.05) is 12.4 Å². The summed E-state index contributed by atoms with van der Waals surface area (Å²) in [5, 5.41) is 3.50. The summed E-state index contributed by atoms with van der Waals surface area (Å²) in [6.07, 6.45) is 1.04. The van der Waals surface area contributed by atoms with E-state index in [9.17, 15) is 0 Å². The predicted octanol–water partition coefficient (Wildman–Crippen LogP) is 3.91. The molecule has 0 saturated carbocycles. The van der Waals surface area contributed by atoms with E-state index in [2.05, 4.69) is 49.9 Å². The maximum Gasteiger partial charge on any atom is 0.135 e. The SMILES string of the molecule is COCc1nc(=S)cc(NC(C)(C)CC(C)(C)C)[nH]1. The van der Waals surface area contributed by atoms with Gasteiger partial charge in [0.1, 0.15) is 22.9 Å². The molecule has 0 spiro atoms. The topological polar surface area (TPSA) is 49.9 Å². The highest BCUT2D eigenvalue weighted by molar-refractivity contribution is 7.71. The van der Waals surface area contributed by atoms with E-state index in [0.29, 0.717) is 11.2 Å². The number of aromatic nitrogens is 2. The van der Waals surface area contributed by atoms with Gasteiger partial charge in [-0.15, -0.1) is 0 Å². The molecule has 19 heavy (non-hydrogen) atoms. The zero-order chi connectivity index (χ0) is 14.7. The third-order valence-electron chi connectivity index (χ3n) is 2.52. The molecule has 1 rings (SSSR count). The zero-order valence-corrected chi connectivity index (χ0v) is 13.6. The minimum Gasteiger partial charge on any atom is -0.377 e. The van der Waals surface area contributed by atoms with Gasteiger partial charge in [-0.2, -0.15) is 0 Å². The van der Waals surface area contributed by atoms with Gasteiger partial charge >= 0.3 is 0 Å². The Bertz CT molecular complexity index is 474. The van der Waals surface area contributed by atoms with E-state index < -0.39 is 0 Å². The number of hydrogen-bond acceptors (Lipinski definition) is 4. The van der Waals surface area contributed by atoms with E-state index in [4.69, 9.17) is 17.0 Å². The molecule has 0 fully saturated rings. The number of anilines is 1. The molecule has 0 aromatic carbocycles. The Kier molecular flexibility index (Phi) is 5.10. The van der Waals surface area contributed by atoms with Gasteiger partial charge in [0.25, 0.3) is 0 Å². The zero-order valence-electron chi connectivity index (χ0n) is 12.8. The molecule has 1 heterocycles. The normalized spacial score (nSPS) is 12.5. The monoisotopic (exact) mass is 283 g/mol. The van der Waals surface area contributed by atoms with Crippen LogP contribution in [0.1, 0.15) is 46.9 Å². The Labute approximate surface area is 121 Å². The first kappa shape index (κ1) is 16.1. The number of methoxy groups -OCH3 is 1. The molecule has 1 aromatic heterocycles. The van der Waals surface area contributed by atoms with Crippen LogP contribution in [-0.4, -0.2) is 22.6 Å². The van der Waals surface area contributed by atoms with Crippen LogP contribution in [0.3, 0.4) is 0 Å². The molecule has 2 N–H and O–H groups in total. The van der Waals surface area contributed by atoms with Crippen molar-refractivity contribution in [1.29, 1.82) is 0 Å². The molecule has 108 valence electrons. The van der Waals surface area contributed by atoms with Crippen molar-refractivity contribution in [3.05, 3.63) is 16.5 Å². The van der Waals surface area contributed by atoms with E-state index in [1.807, 2.05) is 6.07 Å². The quantitative estimate of drug-likeness (QED) is 0.804. The summed E-state index contributed by atoms with van der Waals surface area (Å²) in [5.41, 5.74) is 0.234. The van der Waals surface area contributed by atoms with Gasteiger partial charge in [0.15, 0.2) is 0 Å². The van der Waals surface area contributed by atoms with Gasteiger partial charge in [0, 0.05) is 18.7 Å². The Hall–Kier alpha value is -0.940. The maximum absolute atomic E-state index is 5.17. The number of ether oxygens (including phenoxy) is 1. The lowest BCUT2D eigenvalue weighted by Gasteiger charge is -2.34. The molecule has 0 radical (unpaired) electrons. The van der Waals surface area contributed by atoms with E-state index in [1.54, 1.807) is 7.11 Å². The van der Waals surface area contributed by atoms with Crippen molar-refractivity contribution < 1.29 is 4.74 Å². The van der Waals surface area contributed by atoms with Crippen LogP contribution in [0.2, 0.25) is 0 Å². The van der Waals surface area contributed by atoms with Gasteiger partial charge in [-0.1, -0.05) is 33.0 Å². The molecular weight excluding hydrogens is 258 g/mol. The standard InChI is InChI=1S/C14H25N3OS/c1-13(2,3)9-14(4,5)17-10-7-12(19)16-11(15-10)8-18-6/h7H,8-9H2,1-6H3,(H2,15,16,17,19). The maximum atomic E-state index is 5.17. The lowest BCUT2D eigenvalue weighted by atomic mass is 9.82. The first-order chi connectivity index (χ1) is 8.61. The smallest absolute Gasteiger partial charge is 0.135 e. The van der Waals surface area contributed by atoms with E-state index in [0.717, 1.165) is 18.1 Å². The summed E-state index contributed by atoms with van der Waals surface area (Å²) in [6, 6.07) is 1.85. The van der Waals surface area contributed by atoms with E-state index in [-0.39, 0.29) is 11.0 Å². The fraction of sp³-hybridized carbons (Fsp3) is 0.714. The minimum absolute atomic E-state index is 0.0256. The van der Waals surface area contributed by atoms with Crippen LogP contribution in [0.5, 0.6) is 0 Å². The highest BCUT2D eigenvalue weighted by Crippen LogP contribution is 2.29. The van der Waals surface area contributed by atoms with Gasteiger partial charge in [-0.3, -0.25) is 0 Å². The first-order valence-corrected chi connectivity index (χ1v) is 6.89. The van der Waals surface area contributed by atoms with Gasteiger partial charge in [0.05, 0.1) is 0 Å². The van der Waals surface area contributed by atoms with Crippen LogP contribution in [0, 0.1) is 10.1 Å². The van der Waals surface area contributed by atoms with Crippen molar-refractivity contribution in [2.24, 2.45) is 5.41 Å². The van der Waals surface area contributed by atoms with E-state index >= 15 is 0 Å². The molecular formula is C14H25N3OS. The highest BCUT2D eigenvalue weighted by Gasteiger charge is 2.25. The fourth-order valence-corrected chi connectivity index (χ4v) is 2.74.